The summed E-state index contributed by atoms with van der Waals surface area (Å²) in [4.78, 5) is -0.289. The molecule has 17 heavy (non-hydrogen) atoms. The topological polar surface area (TPSA) is 58.2 Å². The first-order valence-electron chi connectivity index (χ1n) is 4.56. The van der Waals surface area contributed by atoms with Crippen LogP contribution in [0.5, 0.6) is 0 Å². The van der Waals surface area contributed by atoms with Crippen LogP contribution in [0.3, 0.4) is 0 Å². The Bertz CT molecular complexity index is 468. The highest BCUT2D eigenvalue weighted by atomic mass is 35.5. The van der Waals surface area contributed by atoms with E-state index in [-0.39, 0.29) is 23.8 Å². The van der Waals surface area contributed by atoms with Gasteiger partial charge in [-0.1, -0.05) is 0 Å². The summed E-state index contributed by atoms with van der Waals surface area (Å²) < 4.78 is 50.7. The molecule has 0 aliphatic rings. The van der Waals surface area contributed by atoms with Crippen molar-refractivity contribution in [2.75, 3.05) is 20.1 Å². The van der Waals surface area contributed by atoms with Crippen LogP contribution < -0.4 is 10.0 Å². The van der Waals surface area contributed by atoms with E-state index in [1.807, 2.05) is 0 Å². The lowest BCUT2D eigenvalue weighted by atomic mass is 10.3. The van der Waals surface area contributed by atoms with E-state index in [0.29, 0.717) is 12.6 Å². The molecule has 1 aromatic carbocycles. The van der Waals surface area contributed by atoms with Crippen molar-refractivity contribution in [1.82, 2.24) is 10.0 Å². The minimum absolute atomic E-state index is 0. The Kier molecular flexibility index (Phi) is 6.54. The Morgan fingerprint density at radius 2 is 1.82 bits per heavy atom. The van der Waals surface area contributed by atoms with Crippen molar-refractivity contribution in [3.05, 3.63) is 29.8 Å². The molecule has 2 N–H and O–H groups in total. The summed E-state index contributed by atoms with van der Waals surface area (Å²) in [5, 5.41) is 2.75. The average molecular weight is 287 g/mol. The first-order chi connectivity index (χ1) is 7.47. The third kappa shape index (κ3) is 4.55. The van der Waals surface area contributed by atoms with E-state index < -0.39 is 21.7 Å². The van der Waals surface area contributed by atoms with Crippen LogP contribution in [-0.2, 0) is 10.0 Å². The SMILES string of the molecule is CNCCNS(=O)(=O)c1ccc(F)c(F)c1.Cl. The normalized spacial score (nSPS) is 11.0. The van der Waals surface area contributed by atoms with Crippen molar-refractivity contribution in [3.63, 3.8) is 0 Å². The van der Waals surface area contributed by atoms with Crippen molar-refractivity contribution in [3.8, 4) is 0 Å². The minimum atomic E-state index is -3.77. The third-order valence-electron chi connectivity index (χ3n) is 1.87. The van der Waals surface area contributed by atoms with E-state index in [4.69, 9.17) is 0 Å². The fraction of sp³-hybridized carbons (Fsp3) is 0.333. The smallest absolute Gasteiger partial charge is 0.240 e. The Hall–Kier alpha value is -0.760. The van der Waals surface area contributed by atoms with Crippen molar-refractivity contribution in [1.29, 1.82) is 0 Å². The molecule has 0 aromatic heterocycles. The molecule has 0 amide bonds. The van der Waals surface area contributed by atoms with E-state index in [1.165, 1.54) is 0 Å². The van der Waals surface area contributed by atoms with Gasteiger partial charge in [0.15, 0.2) is 11.6 Å². The van der Waals surface area contributed by atoms with Gasteiger partial charge in [-0.25, -0.2) is 21.9 Å². The maximum Gasteiger partial charge on any atom is 0.240 e. The Morgan fingerprint density at radius 3 is 2.35 bits per heavy atom. The van der Waals surface area contributed by atoms with E-state index in [9.17, 15) is 17.2 Å². The van der Waals surface area contributed by atoms with Gasteiger partial charge in [-0.2, -0.15) is 0 Å². The molecule has 1 rings (SSSR count). The molecule has 8 heteroatoms. The highest BCUT2D eigenvalue weighted by Crippen LogP contribution is 2.13. The lowest BCUT2D eigenvalue weighted by molar-refractivity contribution is 0.504. The average Bonchev–Trinajstić information content (AvgIpc) is 2.22. The lowest BCUT2D eigenvalue weighted by Crippen LogP contribution is -2.30. The number of halogens is 3. The van der Waals surface area contributed by atoms with Crippen LogP contribution in [0.2, 0.25) is 0 Å². The van der Waals surface area contributed by atoms with Crippen molar-refractivity contribution in [2.24, 2.45) is 0 Å². The third-order valence-corrected chi connectivity index (χ3v) is 3.33. The van der Waals surface area contributed by atoms with Crippen LogP contribution in [-0.4, -0.2) is 28.6 Å². The van der Waals surface area contributed by atoms with Crippen LogP contribution in [0.4, 0.5) is 8.78 Å². The van der Waals surface area contributed by atoms with E-state index in [1.54, 1.807) is 7.05 Å². The molecule has 0 radical (unpaired) electrons. The molecule has 0 unspecified atom stereocenters. The number of benzene rings is 1. The second-order valence-corrected chi connectivity index (χ2v) is 4.84. The number of rotatable bonds is 5. The molecule has 0 heterocycles. The first kappa shape index (κ1) is 16.2. The molecule has 0 bridgehead atoms. The van der Waals surface area contributed by atoms with Crippen LogP contribution in [0.1, 0.15) is 0 Å². The molecule has 0 saturated carbocycles. The van der Waals surface area contributed by atoms with Crippen molar-refractivity contribution < 1.29 is 17.2 Å². The van der Waals surface area contributed by atoms with Gasteiger partial charge in [0.2, 0.25) is 10.0 Å². The highest BCUT2D eigenvalue weighted by Gasteiger charge is 2.15. The summed E-state index contributed by atoms with van der Waals surface area (Å²) in [5.41, 5.74) is 0. The Balaban J connectivity index is 0.00000256. The zero-order valence-electron chi connectivity index (χ0n) is 9.04. The largest absolute Gasteiger partial charge is 0.318 e. The van der Waals surface area contributed by atoms with Gasteiger partial charge in [0.1, 0.15) is 0 Å². The summed E-state index contributed by atoms with van der Waals surface area (Å²) in [6.45, 7) is 0.626. The highest BCUT2D eigenvalue weighted by molar-refractivity contribution is 7.89. The number of hydrogen-bond donors (Lipinski definition) is 2. The molecule has 0 fully saturated rings. The summed E-state index contributed by atoms with van der Waals surface area (Å²) in [6.07, 6.45) is 0. The van der Waals surface area contributed by atoms with Gasteiger partial charge < -0.3 is 5.32 Å². The molecule has 0 spiro atoms. The molecule has 0 aliphatic heterocycles. The number of sulfonamides is 1. The number of hydrogen-bond acceptors (Lipinski definition) is 3. The zero-order valence-corrected chi connectivity index (χ0v) is 10.7. The van der Waals surface area contributed by atoms with Gasteiger partial charge in [0, 0.05) is 13.1 Å². The number of likely N-dealkylation sites (N-methyl/N-ethyl adjacent to an activating group) is 1. The van der Waals surface area contributed by atoms with E-state index >= 15 is 0 Å². The van der Waals surface area contributed by atoms with Gasteiger partial charge in [-0.05, 0) is 25.2 Å². The molecule has 98 valence electrons. The minimum Gasteiger partial charge on any atom is -0.318 e. The van der Waals surface area contributed by atoms with Crippen LogP contribution in [0, 0.1) is 11.6 Å². The summed E-state index contributed by atoms with van der Waals surface area (Å²) >= 11 is 0. The fourth-order valence-electron chi connectivity index (χ4n) is 1.04. The Morgan fingerprint density at radius 1 is 1.18 bits per heavy atom. The monoisotopic (exact) mass is 286 g/mol. The lowest BCUT2D eigenvalue weighted by Gasteiger charge is -2.06. The number of nitrogens with one attached hydrogen (secondary N) is 2. The summed E-state index contributed by atoms with van der Waals surface area (Å²) in [6, 6.07) is 2.44. The van der Waals surface area contributed by atoms with Crippen molar-refractivity contribution >= 4 is 22.4 Å². The predicted molar refractivity (Wildman–Crippen MR) is 62.7 cm³/mol. The van der Waals surface area contributed by atoms with Crippen LogP contribution in [0.25, 0.3) is 0 Å². The van der Waals surface area contributed by atoms with E-state index in [0.717, 1.165) is 12.1 Å². The van der Waals surface area contributed by atoms with Crippen LogP contribution in [0.15, 0.2) is 23.1 Å². The van der Waals surface area contributed by atoms with Crippen molar-refractivity contribution in [2.45, 2.75) is 4.90 Å². The van der Waals surface area contributed by atoms with Gasteiger partial charge in [-0.3, -0.25) is 0 Å². The second kappa shape index (κ2) is 6.85. The standard InChI is InChI=1S/C9H12F2N2O2S.ClH/c1-12-4-5-13-16(14,15)7-2-3-8(10)9(11)6-7;/h2-3,6,12-13H,4-5H2,1H3;1H. The summed E-state index contributed by atoms with van der Waals surface area (Å²) in [7, 11) is -2.10. The van der Waals surface area contributed by atoms with Gasteiger partial charge in [0.25, 0.3) is 0 Å². The van der Waals surface area contributed by atoms with Gasteiger partial charge in [0.05, 0.1) is 4.90 Å². The quantitative estimate of drug-likeness (QED) is 0.790. The second-order valence-electron chi connectivity index (χ2n) is 3.08. The molecular formula is C9H13ClF2N2O2S. The maximum absolute atomic E-state index is 12.8. The maximum atomic E-state index is 12.8. The first-order valence-corrected chi connectivity index (χ1v) is 6.05. The molecule has 4 nitrogen and oxygen atoms in total. The predicted octanol–water partition coefficient (Wildman–Crippen LogP) is 0.884. The van der Waals surface area contributed by atoms with E-state index in [2.05, 4.69) is 10.0 Å². The van der Waals surface area contributed by atoms with Crippen LogP contribution >= 0.6 is 12.4 Å². The van der Waals surface area contributed by atoms with Gasteiger partial charge in [-0.15, -0.1) is 12.4 Å². The molecule has 0 atom stereocenters. The summed E-state index contributed by atoms with van der Waals surface area (Å²) in [5.74, 6) is -2.26. The zero-order chi connectivity index (χ0) is 12.2. The van der Waals surface area contributed by atoms with Gasteiger partial charge >= 0.3 is 0 Å². The molecule has 0 aliphatic carbocycles. The Labute approximate surface area is 105 Å². The molecular weight excluding hydrogens is 274 g/mol. The fourth-order valence-corrected chi connectivity index (χ4v) is 2.08. The molecule has 1 aromatic rings. The molecule has 0 saturated heterocycles.